The molecule has 0 unspecified atom stereocenters. The van der Waals surface area contributed by atoms with Gasteiger partial charge in [0.2, 0.25) is 5.69 Å². The predicted molar refractivity (Wildman–Crippen MR) is 97.2 cm³/mol. The van der Waals surface area contributed by atoms with Crippen LogP contribution in [-0.4, -0.2) is 40.4 Å². The molecule has 0 fully saturated rings. The van der Waals surface area contributed by atoms with Gasteiger partial charge in [0, 0.05) is 13.1 Å². The predicted octanol–water partition coefficient (Wildman–Crippen LogP) is 2.15. The summed E-state index contributed by atoms with van der Waals surface area (Å²) in [5.74, 6) is 1.17. The Hall–Kier alpha value is -3.37. The molecule has 0 atom stereocenters. The van der Waals surface area contributed by atoms with Crippen LogP contribution in [0.15, 0.2) is 54.6 Å². The summed E-state index contributed by atoms with van der Waals surface area (Å²) >= 11 is 0. The largest absolute Gasteiger partial charge is 0.497 e. The zero-order chi connectivity index (χ0) is 18.4. The lowest BCUT2D eigenvalue weighted by atomic mass is 10.2. The molecule has 1 N–H and O–H groups in total. The van der Waals surface area contributed by atoms with Gasteiger partial charge in [-0.05, 0) is 29.8 Å². The average Bonchev–Trinajstić information content (AvgIpc) is 3.13. The molecule has 0 spiro atoms. The third-order valence-corrected chi connectivity index (χ3v) is 3.89. The first-order chi connectivity index (χ1) is 12.7. The first-order valence-corrected chi connectivity index (χ1v) is 8.16. The standard InChI is InChI=1S/C19H19N5O2/c1-26-17-9-7-16(8-10-17)24-21-18(13-20)19(22-24)23(11-12-25)14-15-5-3-2-4-6-15/h2-10,25H,11-12,14H2,1H3. The molecule has 0 saturated heterocycles. The maximum Gasteiger partial charge on any atom is 0.207 e. The van der Waals surface area contributed by atoms with Gasteiger partial charge in [0.15, 0.2) is 5.82 Å². The lowest BCUT2D eigenvalue weighted by Gasteiger charge is -2.21. The van der Waals surface area contributed by atoms with Gasteiger partial charge >= 0.3 is 0 Å². The fourth-order valence-corrected chi connectivity index (χ4v) is 2.60. The average molecular weight is 349 g/mol. The van der Waals surface area contributed by atoms with Crippen LogP contribution in [0, 0.1) is 11.3 Å². The topological polar surface area (TPSA) is 87.2 Å². The molecule has 0 bridgehead atoms. The number of ether oxygens (including phenoxy) is 1. The molecular formula is C19H19N5O2. The summed E-state index contributed by atoms with van der Waals surface area (Å²) in [4.78, 5) is 3.27. The molecule has 132 valence electrons. The zero-order valence-electron chi connectivity index (χ0n) is 14.4. The van der Waals surface area contributed by atoms with Crippen LogP contribution in [0.2, 0.25) is 0 Å². The number of nitrogens with zero attached hydrogens (tertiary/aromatic N) is 5. The molecule has 2 aromatic carbocycles. The number of hydrogen-bond donors (Lipinski definition) is 1. The first kappa shape index (κ1) is 17.5. The summed E-state index contributed by atoms with van der Waals surface area (Å²) in [6.07, 6.45) is 0. The molecule has 0 aliphatic carbocycles. The van der Waals surface area contributed by atoms with Crippen molar-refractivity contribution in [1.82, 2.24) is 15.0 Å². The minimum atomic E-state index is -0.0485. The number of hydrogen-bond acceptors (Lipinski definition) is 6. The van der Waals surface area contributed by atoms with E-state index in [1.807, 2.05) is 47.4 Å². The minimum absolute atomic E-state index is 0.0485. The third-order valence-electron chi connectivity index (χ3n) is 3.89. The second kappa shape index (κ2) is 8.14. The number of aromatic nitrogens is 3. The van der Waals surface area contributed by atoms with E-state index >= 15 is 0 Å². The van der Waals surface area contributed by atoms with E-state index in [0.29, 0.717) is 18.9 Å². The van der Waals surface area contributed by atoms with Gasteiger partial charge in [0.25, 0.3) is 0 Å². The molecule has 3 rings (SSSR count). The molecule has 26 heavy (non-hydrogen) atoms. The number of methoxy groups -OCH3 is 1. The van der Waals surface area contributed by atoms with Crippen molar-refractivity contribution in [3.63, 3.8) is 0 Å². The van der Waals surface area contributed by atoms with Crippen molar-refractivity contribution in [3.05, 3.63) is 65.9 Å². The first-order valence-electron chi connectivity index (χ1n) is 8.16. The van der Waals surface area contributed by atoms with E-state index in [1.165, 1.54) is 4.80 Å². The van der Waals surface area contributed by atoms with E-state index in [0.717, 1.165) is 17.0 Å². The van der Waals surface area contributed by atoms with E-state index in [-0.39, 0.29) is 12.3 Å². The summed E-state index contributed by atoms with van der Waals surface area (Å²) in [5.41, 5.74) is 1.99. The van der Waals surface area contributed by atoms with Crippen LogP contribution in [-0.2, 0) is 6.54 Å². The summed E-state index contributed by atoms with van der Waals surface area (Å²) in [6, 6.07) is 19.2. The maximum atomic E-state index is 9.47. The molecule has 1 aromatic heterocycles. The highest BCUT2D eigenvalue weighted by Gasteiger charge is 2.19. The van der Waals surface area contributed by atoms with Crippen LogP contribution in [0.25, 0.3) is 5.69 Å². The molecule has 0 aliphatic rings. The van der Waals surface area contributed by atoms with Crippen LogP contribution < -0.4 is 9.64 Å². The number of nitriles is 1. The Labute approximate surface area is 151 Å². The zero-order valence-corrected chi connectivity index (χ0v) is 14.4. The van der Waals surface area contributed by atoms with Gasteiger partial charge in [-0.25, -0.2) is 0 Å². The molecular weight excluding hydrogens is 330 g/mol. The highest BCUT2D eigenvalue weighted by Crippen LogP contribution is 2.21. The monoisotopic (exact) mass is 349 g/mol. The third kappa shape index (κ3) is 3.82. The van der Waals surface area contributed by atoms with Crippen molar-refractivity contribution < 1.29 is 9.84 Å². The number of anilines is 1. The number of rotatable bonds is 7. The van der Waals surface area contributed by atoms with Gasteiger partial charge in [-0.1, -0.05) is 30.3 Å². The van der Waals surface area contributed by atoms with Gasteiger partial charge < -0.3 is 14.7 Å². The van der Waals surface area contributed by atoms with E-state index in [2.05, 4.69) is 16.3 Å². The summed E-state index contributed by atoms with van der Waals surface area (Å²) in [5, 5.41) is 27.7. The van der Waals surface area contributed by atoms with Crippen LogP contribution in [0.1, 0.15) is 11.3 Å². The molecule has 0 radical (unpaired) electrons. The van der Waals surface area contributed by atoms with Crippen LogP contribution in [0.5, 0.6) is 5.75 Å². The Bertz CT molecular complexity index is 885. The molecule has 1 heterocycles. The van der Waals surface area contributed by atoms with Gasteiger partial charge in [-0.3, -0.25) is 0 Å². The quantitative estimate of drug-likeness (QED) is 0.703. The van der Waals surface area contributed by atoms with Crippen LogP contribution in [0.3, 0.4) is 0 Å². The molecule has 3 aromatic rings. The van der Waals surface area contributed by atoms with E-state index in [1.54, 1.807) is 19.2 Å². The molecule has 7 heteroatoms. The summed E-state index contributed by atoms with van der Waals surface area (Å²) in [6.45, 7) is 0.829. The van der Waals surface area contributed by atoms with Crippen molar-refractivity contribution >= 4 is 5.82 Å². The molecule has 7 nitrogen and oxygen atoms in total. The molecule has 0 saturated carbocycles. The second-order valence-electron chi connectivity index (χ2n) is 5.60. The van der Waals surface area contributed by atoms with Gasteiger partial charge in [0.1, 0.15) is 11.8 Å². The smallest absolute Gasteiger partial charge is 0.207 e. The SMILES string of the molecule is COc1ccc(-n2nc(C#N)c(N(CCO)Cc3ccccc3)n2)cc1. The highest BCUT2D eigenvalue weighted by molar-refractivity contribution is 5.51. The minimum Gasteiger partial charge on any atom is -0.497 e. The summed E-state index contributed by atoms with van der Waals surface area (Å²) in [7, 11) is 1.60. The second-order valence-corrected chi connectivity index (χ2v) is 5.60. The Morgan fingerprint density at radius 3 is 2.46 bits per heavy atom. The fraction of sp³-hybridized carbons (Fsp3) is 0.211. The van der Waals surface area contributed by atoms with Gasteiger partial charge in [-0.15, -0.1) is 15.0 Å². The maximum absolute atomic E-state index is 9.47. The Balaban J connectivity index is 1.93. The highest BCUT2D eigenvalue weighted by atomic mass is 16.5. The van der Waals surface area contributed by atoms with Gasteiger partial charge in [0.05, 0.1) is 19.4 Å². The van der Waals surface area contributed by atoms with Crippen molar-refractivity contribution in [2.24, 2.45) is 0 Å². The van der Waals surface area contributed by atoms with E-state index < -0.39 is 0 Å². The van der Waals surface area contributed by atoms with Crippen LogP contribution in [0.4, 0.5) is 5.82 Å². The number of benzene rings is 2. The van der Waals surface area contributed by atoms with E-state index in [9.17, 15) is 10.4 Å². The van der Waals surface area contributed by atoms with Crippen molar-refractivity contribution in [2.45, 2.75) is 6.54 Å². The Morgan fingerprint density at radius 1 is 1.12 bits per heavy atom. The summed E-state index contributed by atoms with van der Waals surface area (Å²) < 4.78 is 5.15. The molecule has 0 aliphatic heterocycles. The van der Waals surface area contributed by atoms with Crippen molar-refractivity contribution in [1.29, 1.82) is 5.26 Å². The molecule has 0 amide bonds. The fourth-order valence-electron chi connectivity index (χ4n) is 2.60. The van der Waals surface area contributed by atoms with Crippen molar-refractivity contribution in [3.8, 4) is 17.5 Å². The lowest BCUT2D eigenvalue weighted by molar-refractivity contribution is 0.301. The number of aliphatic hydroxyl groups excluding tert-OH is 1. The van der Waals surface area contributed by atoms with Crippen molar-refractivity contribution in [2.75, 3.05) is 25.2 Å². The normalized spacial score (nSPS) is 10.3. The Morgan fingerprint density at radius 2 is 1.85 bits per heavy atom. The van der Waals surface area contributed by atoms with E-state index in [4.69, 9.17) is 4.74 Å². The Kier molecular flexibility index (Phi) is 5.46. The lowest BCUT2D eigenvalue weighted by Crippen LogP contribution is -2.27. The van der Waals surface area contributed by atoms with Crippen LogP contribution >= 0.6 is 0 Å². The van der Waals surface area contributed by atoms with Gasteiger partial charge in [-0.2, -0.15) is 5.26 Å². The number of aliphatic hydroxyl groups is 1.